The van der Waals surface area contributed by atoms with Crippen LogP contribution in [0.5, 0.6) is 0 Å². The van der Waals surface area contributed by atoms with Gasteiger partial charge in [-0.1, -0.05) is 93.5 Å². The van der Waals surface area contributed by atoms with Crippen LogP contribution in [0.15, 0.2) is 24.3 Å². The zero-order chi connectivity index (χ0) is 57.0. The van der Waals surface area contributed by atoms with Gasteiger partial charge in [-0.25, -0.2) is 9.59 Å². The van der Waals surface area contributed by atoms with Crippen molar-refractivity contribution in [2.75, 3.05) is 67.6 Å². The quantitative estimate of drug-likeness (QED) is 0.104. The second kappa shape index (κ2) is 19.4. The topological polar surface area (TPSA) is 98.7 Å². The number of carbonyl (C=O) groups excluding carboxylic acids is 2. The molecule has 10 aliphatic carbocycles. The fourth-order valence-corrected chi connectivity index (χ4v) is 25.2. The third-order valence-corrected chi connectivity index (χ3v) is 29.9. The smallest absolute Gasteiger partial charge is 0.362 e. The van der Waals surface area contributed by atoms with Crippen molar-refractivity contribution in [3.05, 3.63) is 24.3 Å². The van der Waals surface area contributed by atoms with Gasteiger partial charge in [-0.15, -0.1) is 13.2 Å². The first-order valence-electron chi connectivity index (χ1n) is 32.6. The van der Waals surface area contributed by atoms with Gasteiger partial charge in [-0.05, 0) is 245 Å². The van der Waals surface area contributed by atoms with Gasteiger partial charge in [0.05, 0.1) is 28.2 Å². The minimum absolute atomic E-state index is 0.0377. The standard InChI is InChI=1S/C70H116N2O6/c1-45(2)47-23-33-69(43-73)37-35-65(11)49(59(47)69)19-21-53-63(9)29-27-55(61(5,6)51(63)25-31-67(53,65)13)77-57(75)41-71(15,16)39-40-72(17,18)42-58(76)78-56-28-30-64(10)52(62(56,7)8)26-32-68(14)54(64)22-20-50-60-48(46(3)4)24-34-70(60,44-74)38-36-66(50,68)12/h47-56,59-60H,1,3,19-44H2,2,4-18H3/t47?,48?,49?,50?,51?,52?,53?,54?,55-,56-,59?,60?,63-,64-,65+,66+,67+,68+,69-,70-/m0/s1. The van der Waals surface area contributed by atoms with Gasteiger partial charge in [0.25, 0.3) is 0 Å². The van der Waals surface area contributed by atoms with Crippen LogP contribution in [0.25, 0.3) is 0 Å². The molecule has 10 fully saturated rings. The maximum Gasteiger partial charge on any atom is 0.362 e. The Morgan fingerprint density at radius 3 is 1.14 bits per heavy atom. The van der Waals surface area contributed by atoms with Gasteiger partial charge >= 0.3 is 11.9 Å². The van der Waals surface area contributed by atoms with E-state index in [-0.39, 0.29) is 91.5 Å². The highest BCUT2D eigenvalue weighted by atomic mass is 16.6. The van der Waals surface area contributed by atoms with Crippen molar-refractivity contribution < 1.29 is 38.2 Å². The molecule has 0 saturated heterocycles. The lowest BCUT2D eigenvalue weighted by Crippen LogP contribution is -2.67. The number of rotatable bonds is 13. The molecule has 8 heteroatoms. The largest absolute Gasteiger partial charge is 0.854 e. The summed E-state index contributed by atoms with van der Waals surface area (Å²) in [7, 11) is 8.57. The van der Waals surface area contributed by atoms with Crippen molar-refractivity contribution in [3.8, 4) is 0 Å². The zero-order valence-electron chi connectivity index (χ0n) is 53.1. The molecule has 442 valence electrons. The molecule has 20 atom stereocenters. The Hall–Kier alpha value is -1.74. The van der Waals surface area contributed by atoms with Crippen LogP contribution in [-0.4, -0.2) is 101 Å². The molecule has 0 aromatic carbocycles. The number of hydrogen-bond acceptors (Lipinski definition) is 6. The molecule has 0 amide bonds. The van der Waals surface area contributed by atoms with Gasteiger partial charge in [0.2, 0.25) is 0 Å². The summed E-state index contributed by atoms with van der Waals surface area (Å²) in [5.74, 6) is 5.17. The number of allylic oxidation sites excluding steroid dienone is 2. The molecule has 0 aromatic rings. The number of fused-ring (bicyclic) bond motifs is 14. The van der Waals surface area contributed by atoms with Crippen LogP contribution >= 0.6 is 0 Å². The highest BCUT2D eigenvalue weighted by molar-refractivity contribution is 5.71. The number of esters is 2. The number of carbonyl (C=O) groups is 2. The van der Waals surface area contributed by atoms with Crippen molar-refractivity contribution >= 4 is 11.9 Å². The van der Waals surface area contributed by atoms with Crippen LogP contribution in [0.3, 0.4) is 0 Å². The van der Waals surface area contributed by atoms with Crippen LogP contribution in [0.4, 0.5) is 0 Å². The molecular formula is C70H116N2O6. The van der Waals surface area contributed by atoms with E-state index in [1.54, 1.807) is 0 Å². The van der Waals surface area contributed by atoms with Crippen molar-refractivity contribution in [1.82, 2.24) is 0 Å². The molecule has 0 bridgehead atoms. The monoisotopic (exact) mass is 1080 g/mol. The van der Waals surface area contributed by atoms with Gasteiger partial charge in [-0.2, -0.15) is 0 Å². The van der Waals surface area contributed by atoms with E-state index in [0.29, 0.717) is 81.2 Å². The normalized spacial score (nSPS) is 49.0. The van der Waals surface area contributed by atoms with Gasteiger partial charge in [-0.3, -0.25) is 0 Å². The summed E-state index contributed by atoms with van der Waals surface area (Å²) < 4.78 is 14.4. The second-order valence-corrected chi connectivity index (χ2v) is 34.7. The molecule has 0 radical (unpaired) electrons. The average Bonchev–Trinajstić information content (AvgIpc) is 2.65. The predicted octanol–water partition coefficient (Wildman–Crippen LogP) is 13.0. The highest BCUT2D eigenvalue weighted by Crippen LogP contribution is 2.80. The fourth-order valence-electron chi connectivity index (χ4n) is 25.2. The van der Waals surface area contributed by atoms with E-state index in [1.165, 1.54) is 75.4 Å². The summed E-state index contributed by atoms with van der Waals surface area (Å²) in [4.78, 5) is 28.3. The van der Waals surface area contributed by atoms with Crippen LogP contribution in [0, 0.1) is 113 Å². The summed E-state index contributed by atoms with van der Waals surface area (Å²) in [6.45, 7) is 41.3. The summed E-state index contributed by atoms with van der Waals surface area (Å²) in [6, 6.07) is 0. The molecule has 0 heterocycles. The van der Waals surface area contributed by atoms with Crippen LogP contribution in [0.2, 0.25) is 0 Å². The first-order valence-corrected chi connectivity index (χ1v) is 32.6. The number of quaternary nitrogens is 2. The van der Waals surface area contributed by atoms with Crippen LogP contribution in [-0.2, 0) is 19.1 Å². The molecule has 0 aliphatic heterocycles. The number of likely N-dealkylation sites (N-methyl/N-ethyl adjacent to an activating group) is 2. The predicted molar refractivity (Wildman–Crippen MR) is 311 cm³/mol. The maximum absolute atomic E-state index is 14.2. The van der Waals surface area contributed by atoms with Crippen molar-refractivity contribution in [3.63, 3.8) is 0 Å². The molecule has 0 N–H and O–H groups in total. The first kappa shape index (κ1) is 59.4. The molecule has 10 saturated carbocycles. The first-order chi connectivity index (χ1) is 36.1. The molecule has 10 unspecified atom stereocenters. The summed E-state index contributed by atoms with van der Waals surface area (Å²) >= 11 is 0. The molecule has 8 nitrogen and oxygen atoms in total. The third kappa shape index (κ3) is 8.60. The highest BCUT2D eigenvalue weighted by Gasteiger charge is 2.73. The lowest BCUT2D eigenvalue weighted by molar-refractivity contribution is -0.939. The Balaban J connectivity index is 0.727. The average molecular weight is 1080 g/mol. The summed E-state index contributed by atoms with van der Waals surface area (Å²) in [5, 5.41) is 26.2. The van der Waals surface area contributed by atoms with Gasteiger partial charge in [0, 0.05) is 10.8 Å². The van der Waals surface area contributed by atoms with Crippen LogP contribution < -0.4 is 10.2 Å². The lowest BCUT2D eigenvalue weighted by Gasteiger charge is -2.73. The molecule has 0 spiro atoms. The Morgan fingerprint density at radius 1 is 0.449 bits per heavy atom. The maximum atomic E-state index is 14.2. The minimum Gasteiger partial charge on any atom is -0.854 e. The van der Waals surface area contributed by atoms with Crippen LogP contribution in [0.1, 0.15) is 212 Å². The molecular weight excluding hydrogens is 965 g/mol. The van der Waals surface area contributed by atoms with E-state index in [9.17, 15) is 19.8 Å². The lowest BCUT2D eigenvalue weighted by atomic mass is 9.32. The minimum atomic E-state index is -0.132. The van der Waals surface area contributed by atoms with E-state index < -0.39 is 0 Å². The molecule has 78 heavy (non-hydrogen) atoms. The second-order valence-electron chi connectivity index (χ2n) is 34.7. The number of ether oxygens (including phenoxy) is 2. The Labute approximate surface area is 477 Å². The van der Waals surface area contributed by atoms with E-state index in [4.69, 9.17) is 9.47 Å². The van der Waals surface area contributed by atoms with E-state index in [2.05, 4.69) is 124 Å². The summed E-state index contributed by atoms with van der Waals surface area (Å²) in [6.07, 6.45) is 22.6. The number of nitrogens with zero attached hydrogens (tertiary/aromatic N) is 2. The Morgan fingerprint density at radius 2 is 0.808 bits per heavy atom. The molecule has 0 aromatic heterocycles. The van der Waals surface area contributed by atoms with Gasteiger partial charge in [0.15, 0.2) is 13.1 Å². The van der Waals surface area contributed by atoms with Crippen molar-refractivity contribution in [1.29, 1.82) is 0 Å². The Kier molecular flexibility index (Phi) is 14.8. The van der Waals surface area contributed by atoms with E-state index in [1.807, 2.05) is 0 Å². The zero-order valence-corrected chi connectivity index (χ0v) is 53.1. The Bertz CT molecular complexity index is 2190. The van der Waals surface area contributed by atoms with E-state index in [0.717, 1.165) is 77.3 Å². The van der Waals surface area contributed by atoms with E-state index >= 15 is 0 Å². The number of hydrogen-bond donors (Lipinski definition) is 0. The fraction of sp³-hybridized carbons (Fsp3) is 0.914. The van der Waals surface area contributed by atoms with Crippen molar-refractivity contribution in [2.24, 2.45) is 113 Å². The SMILES string of the molecule is C=C(C)C1CC[C@@]2(C[O-])CC[C@]3(C)C(CCC4[C@@]5(C)CC[C@H](OC(=O)C[N+](C)(C)CC[N+](C)(C)CC(=O)O[C@H]6CC[C@@]7(C)C(CC[C@]8(C)C7CCC7C9C(C(=C)C)CC[C@@]9(C[O-])CC[C@]78C)C6(C)C)C(C)(C)C5CC[C@]43C)C12. The van der Waals surface area contributed by atoms with Crippen molar-refractivity contribution in [2.45, 2.75) is 224 Å². The molecule has 10 aliphatic rings. The molecule has 10 rings (SSSR count). The summed E-state index contributed by atoms with van der Waals surface area (Å²) in [5.41, 5.74) is 3.53. The third-order valence-electron chi connectivity index (χ3n) is 29.9. The van der Waals surface area contributed by atoms with Gasteiger partial charge < -0.3 is 28.7 Å². The van der Waals surface area contributed by atoms with Gasteiger partial charge in [0.1, 0.15) is 25.3 Å².